The van der Waals surface area contributed by atoms with Crippen molar-refractivity contribution in [2.75, 3.05) is 12.9 Å². The van der Waals surface area contributed by atoms with Crippen LogP contribution in [0.1, 0.15) is 16.8 Å². The van der Waals surface area contributed by atoms with Gasteiger partial charge in [0.15, 0.2) is 0 Å². The molecular formula is C14H14FN3O4S. The lowest BCUT2D eigenvalue weighted by molar-refractivity contribution is 0.0690. The number of nitrogens with zero attached hydrogens (tertiary/aromatic N) is 2. The average molecular weight is 339 g/mol. The Bertz CT molecular complexity index is 905. The van der Waals surface area contributed by atoms with Gasteiger partial charge in [0, 0.05) is 29.7 Å². The summed E-state index contributed by atoms with van der Waals surface area (Å²) in [5.74, 6) is -1.92. The van der Waals surface area contributed by atoms with Crippen LogP contribution < -0.4 is 4.74 Å². The second-order valence-electron chi connectivity index (χ2n) is 5.24. The first-order valence-electron chi connectivity index (χ1n) is 6.79. The molecule has 2 aromatic rings. The first-order valence-corrected chi connectivity index (χ1v) is 8.76. The van der Waals surface area contributed by atoms with E-state index < -0.39 is 21.5 Å². The van der Waals surface area contributed by atoms with Crippen molar-refractivity contribution in [2.24, 2.45) is 0 Å². The molecule has 23 heavy (non-hydrogen) atoms. The molecule has 0 saturated carbocycles. The third-order valence-corrected chi connectivity index (χ3v) is 4.67. The molecule has 0 spiro atoms. The summed E-state index contributed by atoms with van der Waals surface area (Å²) in [6.07, 6.45) is 1.87. The SMILES string of the molecule is CS(=N)(=O)c1ccc(-c2nn3c(c2C(=O)O)OCCC3)c(F)c1. The van der Waals surface area contributed by atoms with Crippen molar-refractivity contribution in [3.63, 3.8) is 0 Å². The highest BCUT2D eigenvalue weighted by atomic mass is 32.2. The van der Waals surface area contributed by atoms with Crippen molar-refractivity contribution in [1.29, 1.82) is 4.78 Å². The van der Waals surface area contributed by atoms with Gasteiger partial charge >= 0.3 is 5.97 Å². The molecule has 122 valence electrons. The summed E-state index contributed by atoms with van der Waals surface area (Å²) in [7, 11) is -3.06. The molecule has 0 bridgehead atoms. The van der Waals surface area contributed by atoms with Gasteiger partial charge in [-0.05, 0) is 18.2 Å². The Morgan fingerprint density at radius 3 is 2.87 bits per heavy atom. The zero-order valence-electron chi connectivity index (χ0n) is 12.2. The number of aromatic carboxylic acids is 1. The minimum Gasteiger partial charge on any atom is -0.477 e. The van der Waals surface area contributed by atoms with Gasteiger partial charge in [-0.3, -0.25) is 0 Å². The van der Waals surface area contributed by atoms with E-state index in [4.69, 9.17) is 9.52 Å². The quantitative estimate of drug-likeness (QED) is 0.892. The predicted molar refractivity (Wildman–Crippen MR) is 79.7 cm³/mol. The number of carboxylic acid groups (broad SMARTS) is 1. The number of carboxylic acids is 1. The molecule has 0 saturated heterocycles. The highest BCUT2D eigenvalue weighted by Crippen LogP contribution is 2.34. The molecule has 0 radical (unpaired) electrons. The number of halogens is 1. The van der Waals surface area contributed by atoms with Gasteiger partial charge < -0.3 is 9.84 Å². The van der Waals surface area contributed by atoms with E-state index >= 15 is 0 Å². The Hall–Kier alpha value is -2.42. The van der Waals surface area contributed by atoms with Gasteiger partial charge in [0.2, 0.25) is 5.88 Å². The van der Waals surface area contributed by atoms with Crippen LogP contribution in [0.2, 0.25) is 0 Å². The number of fused-ring (bicyclic) bond motifs is 1. The van der Waals surface area contributed by atoms with Gasteiger partial charge in [-0.25, -0.2) is 22.9 Å². The number of nitrogens with one attached hydrogen (secondary N) is 1. The summed E-state index contributed by atoms with van der Waals surface area (Å²) in [6, 6.07) is 3.62. The van der Waals surface area contributed by atoms with E-state index in [1.54, 1.807) is 0 Å². The predicted octanol–water partition coefficient (Wildman–Crippen LogP) is 2.21. The Balaban J connectivity index is 2.19. The van der Waals surface area contributed by atoms with E-state index in [9.17, 15) is 18.5 Å². The largest absolute Gasteiger partial charge is 0.477 e. The minimum atomic E-state index is -3.06. The highest BCUT2D eigenvalue weighted by molar-refractivity contribution is 7.91. The molecule has 1 aliphatic heterocycles. The van der Waals surface area contributed by atoms with Crippen LogP contribution in [-0.2, 0) is 16.3 Å². The first kappa shape index (κ1) is 15.5. The maximum absolute atomic E-state index is 14.4. The van der Waals surface area contributed by atoms with Crippen LogP contribution in [0.25, 0.3) is 11.3 Å². The van der Waals surface area contributed by atoms with Crippen LogP contribution in [0.5, 0.6) is 5.88 Å². The lowest BCUT2D eigenvalue weighted by atomic mass is 10.1. The fraction of sp³-hybridized carbons (Fsp3) is 0.286. The first-order chi connectivity index (χ1) is 10.8. The molecule has 2 heterocycles. The van der Waals surface area contributed by atoms with Crippen molar-refractivity contribution in [1.82, 2.24) is 9.78 Å². The van der Waals surface area contributed by atoms with Crippen molar-refractivity contribution in [2.45, 2.75) is 17.9 Å². The summed E-state index contributed by atoms with van der Waals surface area (Å²) in [5, 5.41) is 13.6. The fourth-order valence-electron chi connectivity index (χ4n) is 2.44. The molecule has 0 amide bonds. The summed E-state index contributed by atoms with van der Waals surface area (Å²) in [5.41, 5.74) is -0.259. The summed E-state index contributed by atoms with van der Waals surface area (Å²) >= 11 is 0. The fourth-order valence-corrected chi connectivity index (χ4v) is 3.10. The Morgan fingerprint density at radius 2 is 2.26 bits per heavy atom. The molecule has 1 aliphatic rings. The Kier molecular flexibility index (Phi) is 3.59. The number of ether oxygens (including phenoxy) is 1. The molecule has 1 unspecified atom stereocenters. The van der Waals surface area contributed by atoms with Crippen LogP contribution >= 0.6 is 0 Å². The number of aromatic nitrogens is 2. The molecule has 1 atom stereocenters. The number of hydrogen-bond acceptors (Lipinski definition) is 5. The van der Waals surface area contributed by atoms with E-state index in [1.807, 2.05) is 0 Å². The average Bonchev–Trinajstić information content (AvgIpc) is 2.85. The van der Waals surface area contributed by atoms with E-state index in [2.05, 4.69) is 5.10 Å². The monoisotopic (exact) mass is 339 g/mol. The van der Waals surface area contributed by atoms with Crippen molar-refractivity contribution >= 4 is 15.7 Å². The van der Waals surface area contributed by atoms with Crippen molar-refractivity contribution in [3.8, 4) is 17.1 Å². The van der Waals surface area contributed by atoms with E-state index in [1.165, 1.54) is 23.1 Å². The van der Waals surface area contributed by atoms with Gasteiger partial charge in [-0.15, -0.1) is 0 Å². The van der Waals surface area contributed by atoms with Crippen LogP contribution in [0.15, 0.2) is 23.1 Å². The maximum atomic E-state index is 14.4. The van der Waals surface area contributed by atoms with Crippen LogP contribution in [0.4, 0.5) is 4.39 Å². The van der Waals surface area contributed by atoms with E-state index in [0.717, 1.165) is 6.07 Å². The van der Waals surface area contributed by atoms with Crippen molar-refractivity contribution in [3.05, 3.63) is 29.6 Å². The molecule has 0 aliphatic carbocycles. The zero-order valence-corrected chi connectivity index (χ0v) is 13.0. The lowest BCUT2D eigenvalue weighted by Crippen LogP contribution is -2.16. The molecular weight excluding hydrogens is 325 g/mol. The summed E-state index contributed by atoms with van der Waals surface area (Å²) in [4.78, 5) is 11.6. The minimum absolute atomic E-state index is 0.0275. The van der Waals surface area contributed by atoms with Crippen molar-refractivity contribution < 1.29 is 23.2 Å². The molecule has 2 N–H and O–H groups in total. The second kappa shape index (κ2) is 5.34. The zero-order chi connectivity index (χ0) is 16.8. The van der Waals surface area contributed by atoms with E-state index in [-0.39, 0.29) is 27.6 Å². The molecule has 1 aromatic heterocycles. The smallest absolute Gasteiger partial charge is 0.343 e. The van der Waals surface area contributed by atoms with Crippen LogP contribution in [0.3, 0.4) is 0 Å². The number of benzene rings is 1. The second-order valence-corrected chi connectivity index (χ2v) is 7.40. The summed E-state index contributed by atoms with van der Waals surface area (Å²) < 4.78 is 40.3. The number of carbonyl (C=O) groups is 1. The molecule has 3 rings (SSSR count). The third-order valence-electron chi connectivity index (χ3n) is 3.52. The third kappa shape index (κ3) is 2.67. The standard InChI is InChI=1S/C14H14FN3O4S/c1-23(16,21)8-3-4-9(10(15)7-8)12-11(14(19)20)13-18(17-12)5-2-6-22-13/h3-4,7,16H,2,5-6H2,1H3,(H,19,20). The summed E-state index contributed by atoms with van der Waals surface area (Å²) in [6.45, 7) is 0.869. The van der Waals surface area contributed by atoms with Gasteiger partial charge in [0.05, 0.1) is 16.3 Å². The highest BCUT2D eigenvalue weighted by Gasteiger charge is 2.29. The topological polar surface area (TPSA) is 105 Å². The van der Waals surface area contributed by atoms with Crippen LogP contribution in [0, 0.1) is 10.6 Å². The van der Waals surface area contributed by atoms with Crippen LogP contribution in [-0.4, -0.2) is 37.9 Å². The van der Waals surface area contributed by atoms with Gasteiger partial charge in [-0.2, -0.15) is 5.10 Å². The maximum Gasteiger partial charge on any atom is 0.343 e. The molecule has 7 nitrogen and oxygen atoms in total. The number of rotatable bonds is 3. The lowest BCUT2D eigenvalue weighted by Gasteiger charge is -2.14. The molecule has 0 fully saturated rings. The molecule has 9 heteroatoms. The van der Waals surface area contributed by atoms with Gasteiger partial charge in [0.1, 0.15) is 17.1 Å². The normalized spacial score (nSPS) is 16.3. The number of aryl methyl sites for hydroxylation is 1. The van der Waals surface area contributed by atoms with Gasteiger partial charge in [0.25, 0.3) is 0 Å². The Morgan fingerprint density at radius 1 is 1.52 bits per heavy atom. The Labute approximate surface area is 131 Å². The van der Waals surface area contributed by atoms with Gasteiger partial charge in [-0.1, -0.05) is 0 Å². The number of hydrogen-bond donors (Lipinski definition) is 2. The van der Waals surface area contributed by atoms with E-state index in [0.29, 0.717) is 19.6 Å². The molecule has 1 aromatic carbocycles.